The van der Waals surface area contributed by atoms with Gasteiger partial charge < -0.3 is 14.6 Å². The Labute approximate surface area is 124 Å². The molecular formula is C13H24N4O2S. The predicted octanol–water partition coefficient (Wildman–Crippen LogP) is 1.71. The number of carbonyl (C=O) groups excluding carboxylic acids is 1. The maximum absolute atomic E-state index is 12.0. The summed E-state index contributed by atoms with van der Waals surface area (Å²) in [6.07, 6.45) is 2.58. The second-order valence-corrected chi connectivity index (χ2v) is 6.96. The average molecular weight is 300 g/mol. The molecular weight excluding hydrogens is 276 g/mol. The first kappa shape index (κ1) is 17.0. The Bertz CT molecular complexity index is 428. The van der Waals surface area contributed by atoms with Crippen molar-refractivity contribution >= 4 is 17.7 Å². The number of hydrogen-bond donors (Lipinski definition) is 1. The number of ether oxygens (including phenoxy) is 1. The highest BCUT2D eigenvalue weighted by Gasteiger charge is 2.21. The summed E-state index contributed by atoms with van der Waals surface area (Å²) in [4.78, 5) is 12.0. The van der Waals surface area contributed by atoms with Gasteiger partial charge in [0.25, 0.3) is 0 Å². The van der Waals surface area contributed by atoms with E-state index in [1.165, 1.54) is 11.8 Å². The van der Waals surface area contributed by atoms with Gasteiger partial charge in [0.1, 0.15) is 6.33 Å². The van der Waals surface area contributed by atoms with Crippen molar-refractivity contribution in [2.45, 2.75) is 56.6 Å². The summed E-state index contributed by atoms with van der Waals surface area (Å²) in [6, 6.07) is 0. The summed E-state index contributed by atoms with van der Waals surface area (Å²) in [5.41, 5.74) is -0.224. The van der Waals surface area contributed by atoms with Crippen LogP contribution in [0.5, 0.6) is 0 Å². The van der Waals surface area contributed by atoms with Gasteiger partial charge in [-0.1, -0.05) is 11.8 Å². The molecule has 0 spiro atoms. The molecule has 7 heteroatoms. The van der Waals surface area contributed by atoms with Crippen LogP contribution in [0.15, 0.2) is 11.5 Å². The molecule has 114 valence electrons. The van der Waals surface area contributed by atoms with Gasteiger partial charge in [-0.15, -0.1) is 10.2 Å². The molecule has 1 rings (SSSR count). The molecule has 0 aromatic carbocycles. The normalized spacial score (nSPS) is 13.2. The van der Waals surface area contributed by atoms with E-state index in [2.05, 4.69) is 15.5 Å². The van der Waals surface area contributed by atoms with E-state index in [0.29, 0.717) is 6.61 Å². The van der Waals surface area contributed by atoms with Crippen molar-refractivity contribution in [2.24, 2.45) is 0 Å². The van der Waals surface area contributed by atoms with E-state index in [-0.39, 0.29) is 16.7 Å². The van der Waals surface area contributed by atoms with Crippen molar-refractivity contribution in [1.29, 1.82) is 0 Å². The number of hydrogen-bond acceptors (Lipinski definition) is 5. The fourth-order valence-electron chi connectivity index (χ4n) is 1.55. The fraction of sp³-hybridized carbons (Fsp3) is 0.769. The lowest BCUT2D eigenvalue weighted by atomic mass is 10.1. The number of methoxy groups -OCH3 is 1. The Balaban J connectivity index is 2.55. The minimum absolute atomic E-state index is 0.00828. The van der Waals surface area contributed by atoms with Crippen LogP contribution in [0, 0.1) is 0 Å². The van der Waals surface area contributed by atoms with Crippen LogP contribution in [0.2, 0.25) is 0 Å². The number of thioether (sulfide) groups is 1. The lowest BCUT2D eigenvalue weighted by Gasteiger charge is -2.22. The van der Waals surface area contributed by atoms with Crippen LogP contribution in [0.1, 0.15) is 34.1 Å². The standard InChI is InChI=1S/C13H24N4O2S/c1-10(11(18)15-13(2,3)4)20-12-16-14-9-17(12)7-6-8-19-5/h9-10H,6-8H2,1-5H3,(H,15,18). The molecule has 1 amide bonds. The number of rotatable bonds is 7. The molecule has 1 aromatic heterocycles. The topological polar surface area (TPSA) is 69.0 Å². The molecule has 1 N–H and O–H groups in total. The Morgan fingerprint density at radius 1 is 1.55 bits per heavy atom. The maximum Gasteiger partial charge on any atom is 0.233 e. The lowest BCUT2D eigenvalue weighted by molar-refractivity contribution is -0.121. The highest BCUT2D eigenvalue weighted by atomic mass is 32.2. The second kappa shape index (κ2) is 7.64. The smallest absolute Gasteiger partial charge is 0.233 e. The number of aromatic nitrogens is 3. The Hall–Kier alpha value is -1.08. The molecule has 0 fully saturated rings. The summed E-state index contributed by atoms with van der Waals surface area (Å²) in [5.74, 6) is 0.00828. The van der Waals surface area contributed by atoms with Crippen LogP contribution < -0.4 is 5.32 Å². The first-order valence-corrected chi connectivity index (χ1v) is 7.57. The highest BCUT2D eigenvalue weighted by molar-refractivity contribution is 8.00. The predicted molar refractivity (Wildman–Crippen MR) is 79.7 cm³/mol. The van der Waals surface area contributed by atoms with Gasteiger partial charge in [0, 0.05) is 25.8 Å². The Kier molecular flexibility index (Phi) is 6.48. The van der Waals surface area contributed by atoms with E-state index in [4.69, 9.17) is 4.74 Å². The first-order chi connectivity index (χ1) is 9.33. The van der Waals surface area contributed by atoms with E-state index >= 15 is 0 Å². The molecule has 0 bridgehead atoms. The van der Waals surface area contributed by atoms with Crippen molar-refractivity contribution in [2.75, 3.05) is 13.7 Å². The Morgan fingerprint density at radius 3 is 2.85 bits per heavy atom. The van der Waals surface area contributed by atoms with E-state index in [0.717, 1.165) is 18.1 Å². The molecule has 6 nitrogen and oxygen atoms in total. The fourth-order valence-corrected chi connectivity index (χ4v) is 2.40. The van der Waals surface area contributed by atoms with Crippen molar-refractivity contribution in [3.63, 3.8) is 0 Å². The van der Waals surface area contributed by atoms with Crippen LogP contribution in [0.4, 0.5) is 0 Å². The number of nitrogens with zero attached hydrogens (tertiary/aromatic N) is 3. The minimum Gasteiger partial charge on any atom is -0.385 e. The van der Waals surface area contributed by atoms with Gasteiger partial charge in [0.2, 0.25) is 5.91 Å². The van der Waals surface area contributed by atoms with Crippen LogP contribution in [-0.4, -0.2) is 45.2 Å². The van der Waals surface area contributed by atoms with Crippen molar-refractivity contribution in [3.8, 4) is 0 Å². The molecule has 0 radical (unpaired) electrons. The van der Waals surface area contributed by atoms with Crippen molar-refractivity contribution in [3.05, 3.63) is 6.33 Å². The maximum atomic E-state index is 12.0. The molecule has 1 unspecified atom stereocenters. The van der Waals surface area contributed by atoms with E-state index in [1.54, 1.807) is 13.4 Å². The molecule has 0 saturated heterocycles. The zero-order chi connectivity index (χ0) is 15.2. The van der Waals surface area contributed by atoms with Gasteiger partial charge in [-0.25, -0.2) is 0 Å². The average Bonchev–Trinajstić information content (AvgIpc) is 2.75. The minimum atomic E-state index is -0.224. The third kappa shape index (κ3) is 5.92. The molecule has 1 atom stereocenters. The van der Waals surface area contributed by atoms with Crippen molar-refractivity contribution in [1.82, 2.24) is 20.1 Å². The zero-order valence-electron chi connectivity index (χ0n) is 12.8. The van der Waals surface area contributed by atoms with Gasteiger partial charge in [0.15, 0.2) is 5.16 Å². The van der Waals surface area contributed by atoms with E-state index in [9.17, 15) is 4.79 Å². The van der Waals surface area contributed by atoms with Crippen LogP contribution in [0.3, 0.4) is 0 Å². The molecule has 1 heterocycles. The summed E-state index contributed by atoms with van der Waals surface area (Å²) in [6.45, 7) is 9.26. The summed E-state index contributed by atoms with van der Waals surface area (Å²) >= 11 is 1.42. The summed E-state index contributed by atoms with van der Waals surface area (Å²) in [7, 11) is 1.68. The quantitative estimate of drug-likeness (QED) is 0.613. The van der Waals surface area contributed by atoms with Gasteiger partial charge in [-0.05, 0) is 34.1 Å². The number of aryl methyl sites for hydroxylation is 1. The molecule has 0 aliphatic carbocycles. The molecule has 20 heavy (non-hydrogen) atoms. The van der Waals surface area contributed by atoms with Crippen molar-refractivity contribution < 1.29 is 9.53 Å². The van der Waals surface area contributed by atoms with E-state index < -0.39 is 0 Å². The summed E-state index contributed by atoms with van der Waals surface area (Å²) < 4.78 is 6.98. The number of carbonyl (C=O) groups is 1. The van der Waals surface area contributed by atoms with Crippen LogP contribution in [0.25, 0.3) is 0 Å². The highest BCUT2D eigenvalue weighted by Crippen LogP contribution is 2.21. The molecule has 0 aliphatic rings. The van der Waals surface area contributed by atoms with Gasteiger partial charge >= 0.3 is 0 Å². The SMILES string of the molecule is COCCCn1cnnc1SC(C)C(=O)NC(C)(C)C. The first-order valence-electron chi connectivity index (χ1n) is 6.69. The van der Waals surface area contributed by atoms with Gasteiger partial charge in [-0.3, -0.25) is 4.79 Å². The lowest BCUT2D eigenvalue weighted by Crippen LogP contribution is -2.44. The monoisotopic (exact) mass is 300 g/mol. The number of nitrogens with one attached hydrogen (secondary N) is 1. The third-order valence-corrected chi connectivity index (χ3v) is 3.57. The van der Waals surface area contributed by atoms with E-state index in [1.807, 2.05) is 32.3 Å². The largest absolute Gasteiger partial charge is 0.385 e. The molecule has 1 aromatic rings. The third-order valence-electron chi connectivity index (χ3n) is 2.48. The second-order valence-electron chi connectivity index (χ2n) is 5.65. The van der Waals surface area contributed by atoms with Crippen LogP contribution >= 0.6 is 11.8 Å². The number of amides is 1. The van der Waals surface area contributed by atoms with Crippen LogP contribution in [-0.2, 0) is 16.1 Å². The Morgan fingerprint density at radius 2 is 2.25 bits per heavy atom. The van der Waals surface area contributed by atoms with Gasteiger partial charge in [0.05, 0.1) is 5.25 Å². The van der Waals surface area contributed by atoms with Gasteiger partial charge in [-0.2, -0.15) is 0 Å². The zero-order valence-corrected chi connectivity index (χ0v) is 13.7. The summed E-state index contributed by atoms with van der Waals surface area (Å²) in [5, 5.41) is 11.5. The molecule has 0 saturated carbocycles. The molecule has 0 aliphatic heterocycles.